The van der Waals surface area contributed by atoms with Crippen molar-refractivity contribution in [2.75, 3.05) is 5.73 Å². The van der Waals surface area contributed by atoms with E-state index in [1.165, 1.54) is 11.3 Å². The molecule has 0 radical (unpaired) electrons. The second-order valence-corrected chi connectivity index (χ2v) is 7.01. The molecule has 1 rings (SSSR count). The lowest BCUT2D eigenvalue weighted by Crippen LogP contribution is -2.25. The van der Waals surface area contributed by atoms with Crippen LogP contribution in [0.15, 0.2) is 0 Å². The third-order valence-corrected chi connectivity index (χ3v) is 2.80. The number of nitrogens with two attached hydrogens (primary N) is 1. The topological polar surface area (TPSA) is 65.2 Å². The van der Waals surface area contributed by atoms with Crippen LogP contribution in [-0.2, 0) is 10.2 Å². The molecule has 0 aliphatic heterocycles. The van der Waals surface area contributed by atoms with Crippen molar-refractivity contribution >= 4 is 22.4 Å². The fourth-order valence-electron chi connectivity index (χ4n) is 1.31. The predicted molar refractivity (Wildman–Crippen MR) is 70.4 cm³/mol. The summed E-state index contributed by atoms with van der Waals surface area (Å²) in [7, 11) is 0. The molecule has 0 atom stereocenters. The van der Waals surface area contributed by atoms with Crippen LogP contribution in [0.1, 0.15) is 56.9 Å². The molecule has 0 spiro atoms. The molecule has 0 aromatic carbocycles. The molecule has 1 aromatic heterocycles. The van der Waals surface area contributed by atoms with Crippen LogP contribution in [0.3, 0.4) is 0 Å². The smallest absolute Gasteiger partial charge is 0.350 e. The number of ether oxygens (including phenoxy) is 1. The second-order valence-electron chi connectivity index (χ2n) is 5.98. The van der Waals surface area contributed by atoms with Crippen molar-refractivity contribution in [1.82, 2.24) is 4.98 Å². The van der Waals surface area contributed by atoms with Crippen molar-refractivity contribution in [2.24, 2.45) is 0 Å². The first kappa shape index (κ1) is 14.0. The molecule has 4 nitrogen and oxygen atoms in total. The van der Waals surface area contributed by atoms with Gasteiger partial charge in [-0.3, -0.25) is 0 Å². The van der Waals surface area contributed by atoms with Crippen LogP contribution in [-0.4, -0.2) is 16.6 Å². The van der Waals surface area contributed by atoms with Crippen molar-refractivity contribution in [3.63, 3.8) is 0 Å². The summed E-state index contributed by atoms with van der Waals surface area (Å²) in [6, 6.07) is 0. The van der Waals surface area contributed by atoms with E-state index in [1.807, 2.05) is 41.5 Å². The molecule has 5 heteroatoms. The van der Waals surface area contributed by atoms with E-state index < -0.39 is 5.60 Å². The van der Waals surface area contributed by atoms with E-state index in [-0.39, 0.29) is 11.4 Å². The lowest BCUT2D eigenvalue weighted by atomic mass is 9.91. The Morgan fingerprint density at radius 2 is 1.76 bits per heavy atom. The number of aromatic nitrogens is 1. The van der Waals surface area contributed by atoms with Gasteiger partial charge in [0.25, 0.3) is 0 Å². The first-order valence-electron chi connectivity index (χ1n) is 5.51. The summed E-state index contributed by atoms with van der Waals surface area (Å²) in [5, 5.41) is 0.399. The number of carbonyl (C=O) groups is 1. The third kappa shape index (κ3) is 3.70. The van der Waals surface area contributed by atoms with Gasteiger partial charge in [0.2, 0.25) is 0 Å². The fourth-order valence-corrected chi connectivity index (χ4v) is 2.23. The van der Waals surface area contributed by atoms with Gasteiger partial charge in [-0.1, -0.05) is 32.1 Å². The van der Waals surface area contributed by atoms with Gasteiger partial charge in [0.1, 0.15) is 10.5 Å². The van der Waals surface area contributed by atoms with Crippen molar-refractivity contribution in [1.29, 1.82) is 0 Å². The molecule has 0 aliphatic rings. The molecule has 0 saturated heterocycles. The van der Waals surface area contributed by atoms with E-state index in [0.29, 0.717) is 15.7 Å². The molecule has 2 N–H and O–H groups in total. The summed E-state index contributed by atoms with van der Waals surface area (Å²) in [6.07, 6.45) is 0. The van der Waals surface area contributed by atoms with Crippen LogP contribution in [0.25, 0.3) is 0 Å². The highest BCUT2D eigenvalue weighted by atomic mass is 32.1. The lowest BCUT2D eigenvalue weighted by Gasteiger charge is -2.21. The number of nitrogens with zero attached hydrogens (tertiary/aromatic N) is 1. The summed E-state index contributed by atoms with van der Waals surface area (Å²) < 4.78 is 5.35. The normalized spacial score (nSPS) is 12.6. The standard InChI is InChI=1S/C12H20N2O2S/c1-11(2,3)8-7(17-10(13)14-8)9(15)16-12(4,5)6/h1-6H3,(H2,13,14). The van der Waals surface area contributed by atoms with Gasteiger partial charge < -0.3 is 10.5 Å². The Bertz CT molecular complexity index is 425. The Hall–Kier alpha value is -1.10. The summed E-state index contributed by atoms with van der Waals surface area (Å²) in [4.78, 5) is 16.8. The maximum absolute atomic E-state index is 12.0. The number of esters is 1. The van der Waals surface area contributed by atoms with Crippen LogP contribution in [0.2, 0.25) is 0 Å². The fraction of sp³-hybridized carbons (Fsp3) is 0.667. The molecule has 1 heterocycles. The lowest BCUT2D eigenvalue weighted by molar-refractivity contribution is 0.00724. The summed E-state index contributed by atoms with van der Waals surface area (Å²) in [5.41, 5.74) is 5.65. The predicted octanol–water partition coefficient (Wildman–Crippen LogP) is 2.98. The number of hydrogen-bond acceptors (Lipinski definition) is 5. The number of rotatable bonds is 1. The van der Waals surface area contributed by atoms with E-state index in [4.69, 9.17) is 10.5 Å². The second kappa shape index (κ2) is 4.29. The van der Waals surface area contributed by atoms with Gasteiger partial charge in [0.15, 0.2) is 5.13 Å². The number of nitrogen functional groups attached to an aromatic ring is 1. The average molecular weight is 256 g/mol. The molecular weight excluding hydrogens is 236 g/mol. The zero-order valence-corrected chi connectivity index (χ0v) is 12.1. The van der Waals surface area contributed by atoms with Crippen LogP contribution < -0.4 is 5.73 Å². The number of hydrogen-bond donors (Lipinski definition) is 1. The average Bonchev–Trinajstić information content (AvgIpc) is 2.43. The molecule has 17 heavy (non-hydrogen) atoms. The molecule has 0 fully saturated rings. The van der Waals surface area contributed by atoms with Crippen LogP contribution >= 0.6 is 11.3 Å². The maximum Gasteiger partial charge on any atom is 0.350 e. The van der Waals surface area contributed by atoms with Gasteiger partial charge in [0.05, 0.1) is 5.69 Å². The molecule has 0 amide bonds. The highest BCUT2D eigenvalue weighted by Gasteiger charge is 2.29. The zero-order chi connectivity index (χ0) is 13.4. The van der Waals surface area contributed by atoms with Crippen LogP contribution in [0.4, 0.5) is 5.13 Å². The van der Waals surface area contributed by atoms with Crippen LogP contribution in [0.5, 0.6) is 0 Å². The van der Waals surface area contributed by atoms with Crippen molar-refractivity contribution < 1.29 is 9.53 Å². The van der Waals surface area contributed by atoms with Crippen molar-refractivity contribution in [3.8, 4) is 0 Å². The summed E-state index contributed by atoms with van der Waals surface area (Å²) >= 11 is 1.18. The quantitative estimate of drug-likeness (QED) is 0.784. The van der Waals surface area contributed by atoms with Gasteiger partial charge >= 0.3 is 5.97 Å². The number of thiazole rings is 1. The van der Waals surface area contributed by atoms with E-state index in [9.17, 15) is 4.79 Å². The van der Waals surface area contributed by atoms with E-state index >= 15 is 0 Å². The monoisotopic (exact) mass is 256 g/mol. The zero-order valence-electron chi connectivity index (χ0n) is 11.2. The molecular formula is C12H20N2O2S. The van der Waals surface area contributed by atoms with Gasteiger partial charge in [-0.25, -0.2) is 9.78 Å². The number of carbonyl (C=O) groups excluding carboxylic acids is 1. The molecule has 1 aromatic rings. The minimum Gasteiger partial charge on any atom is -0.456 e. The Labute approximate surface area is 106 Å². The minimum atomic E-state index is -0.509. The third-order valence-electron chi connectivity index (χ3n) is 1.94. The van der Waals surface area contributed by atoms with Crippen molar-refractivity contribution in [2.45, 2.75) is 52.6 Å². The van der Waals surface area contributed by atoms with E-state index in [2.05, 4.69) is 4.98 Å². The van der Waals surface area contributed by atoms with Gasteiger partial charge in [-0.05, 0) is 20.8 Å². The number of anilines is 1. The SMILES string of the molecule is CC(C)(C)OC(=O)c1sc(N)nc1C(C)(C)C. The summed E-state index contributed by atoms with van der Waals surface area (Å²) in [5.74, 6) is -0.350. The van der Waals surface area contributed by atoms with Gasteiger partial charge in [0, 0.05) is 5.41 Å². The van der Waals surface area contributed by atoms with E-state index in [0.717, 1.165) is 0 Å². The Balaban J connectivity index is 3.10. The Kier molecular flexibility index (Phi) is 3.52. The van der Waals surface area contributed by atoms with Crippen LogP contribution in [0, 0.1) is 0 Å². The first-order chi connectivity index (χ1) is 7.50. The molecule has 96 valence electrons. The molecule has 0 bridgehead atoms. The first-order valence-corrected chi connectivity index (χ1v) is 6.32. The van der Waals surface area contributed by atoms with Gasteiger partial charge in [-0.2, -0.15) is 0 Å². The maximum atomic E-state index is 12.0. The molecule has 0 saturated carbocycles. The Morgan fingerprint density at radius 1 is 1.24 bits per heavy atom. The minimum absolute atomic E-state index is 0.222. The van der Waals surface area contributed by atoms with Gasteiger partial charge in [-0.15, -0.1) is 0 Å². The molecule has 0 aliphatic carbocycles. The summed E-state index contributed by atoms with van der Waals surface area (Å²) in [6.45, 7) is 11.5. The highest BCUT2D eigenvalue weighted by Crippen LogP contribution is 2.32. The van der Waals surface area contributed by atoms with Crippen molar-refractivity contribution in [3.05, 3.63) is 10.6 Å². The highest BCUT2D eigenvalue weighted by molar-refractivity contribution is 7.17. The Morgan fingerprint density at radius 3 is 2.18 bits per heavy atom. The largest absolute Gasteiger partial charge is 0.456 e. The molecule has 0 unspecified atom stereocenters. The van der Waals surface area contributed by atoms with E-state index in [1.54, 1.807) is 0 Å².